The molecule has 0 spiro atoms. The average Bonchev–Trinajstić information content (AvgIpc) is 2.89. The van der Waals surface area contributed by atoms with Gasteiger partial charge in [0.05, 0.1) is 5.52 Å². The third-order valence-corrected chi connectivity index (χ3v) is 3.26. The van der Waals surface area contributed by atoms with E-state index < -0.39 is 0 Å². The first kappa shape index (κ1) is 11.3. The van der Waals surface area contributed by atoms with Crippen LogP contribution in [0.5, 0.6) is 0 Å². The van der Waals surface area contributed by atoms with E-state index in [2.05, 4.69) is 20.3 Å². The predicted molar refractivity (Wildman–Crippen MR) is 76.5 cm³/mol. The zero-order valence-corrected chi connectivity index (χ0v) is 11.0. The molecule has 0 unspecified atom stereocenters. The number of halogens is 1. The highest BCUT2D eigenvalue weighted by Gasteiger charge is 2.11. The summed E-state index contributed by atoms with van der Waals surface area (Å²) >= 11 is 5.92. The first-order valence-corrected chi connectivity index (χ1v) is 6.43. The minimum atomic E-state index is 0.388. The molecular weight excluding hydrogens is 274 g/mol. The van der Waals surface area contributed by atoms with Crippen LogP contribution in [0.15, 0.2) is 48.5 Å². The van der Waals surface area contributed by atoms with Crippen molar-refractivity contribution in [3.63, 3.8) is 0 Å². The lowest BCUT2D eigenvalue weighted by Gasteiger charge is -2.01. The largest absolute Gasteiger partial charge is 0.244 e. The quantitative estimate of drug-likeness (QED) is 0.538. The van der Waals surface area contributed by atoms with Gasteiger partial charge in [-0.05, 0) is 24.3 Å². The minimum absolute atomic E-state index is 0.388. The van der Waals surface area contributed by atoms with Gasteiger partial charge in [0.25, 0.3) is 0 Å². The molecule has 0 aliphatic rings. The molecule has 4 aromatic rings. The van der Waals surface area contributed by atoms with Gasteiger partial charge in [-0.15, -0.1) is 10.2 Å². The van der Waals surface area contributed by atoms with E-state index >= 15 is 0 Å². The predicted octanol–water partition coefficient (Wildman–Crippen LogP) is 2.99. The van der Waals surface area contributed by atoms with Gasteiger partial charge in [0.1, 0.15) is 10.8 Å². The summed E-state index contributed by atoms with van der Waals surface area (Å²) in [5.74, 6) is 0.577. The van der Waals surface area contributed by atoms with Gasteiger partial charge in [-0.3, -0.25) is 0 Å². The van der Waals surface area contributed by atoms with Gasteiger partial charge in [-0.1, -0.05) is 35.9 Å². The zero-order chi connectivity index (χ0) is 13.5. The lowest BCUT2D eigenvalue weighted by atomic mass is 10.2. The molecule has 0 amide bonds. The fourth-order valence-corrected chi connectivity index (χ4v) is 2.26. The number of hydrogen-bond acceptors (Lipinski definition) is 4. The van der Waals surface area contributed by atoms with Crippen molar-refractivity contribution in [2.45, 2.75) is 0 Å². The maximum atomic E-state index is 5.92. The van der Waals surface area contributed by atoms with E-state index in [0.29, 0.717) is 22.3 Å². The second-order valence-electron chi connectivity index (χ2n) is 4.34. The lowest BCUT2D eigenvalue weighted by molar-refractivity contribution is 0.931. The molecule has 0 radical (unpaired) electrons. The van der Waals surface area contributed by atoms with E-state index in [-0.39, 0.29) is 0 Å². The summed E-state index contributed by atoms with van der Waals surface area (Å²) in [5, 5.41) is 13.9. The summed E-state index contributed by atoms with van der Waals surface area (Å²) in [4.78, 5) is 4.59. The van der Waals surface area contributed by atoms with E-state index in [9.17, 15) is 0 Å². The van der Waals surface area contributed by atoms with Crippen LogP contribution >= 0.6 is 11.6 Å². The normalized spacial score (nSPS) is 11.2. The first-order chi connectivity index (χ1) is 9.81. The van der Waals surface area contributed by atoms with E-state index in [1.165, 1.54) is 0 Å². The number of hydrogen-bond donors (Lipinski definition) is 0. The molecule has 6 heteroatoms. The van der Waals surface area contributed by atoms with Gasteiger partial charge in [0.15, 0.2) is 5.65 Å². The van der Waals surface area contributed by atoms with Crippen LogP contribution in [0.4, 0.5) is 0 Å². The van der Waals surface area contributed by atoms with Gasteiger partial charge in [-0.2, -0.15) is 9.61 Å². The molecular formula is C14H8ClN5. The summed E-state index contributed by atoms with van der Waals surface area (Å²) in [6.07, 6.45) is 0. The monoisotopic (exact) mass is 281 g/mol. The summed E-state index contributed by atoms with van der Waals surface area (Å²) < 4.78 is 1.60. The van der Waals surface area contributed by atoms with Crippen LogP contribution in [0, 0.1) is 0 Å². The molecule has 96 valence electrons. The summed E-state index contributed by atoms with van der Waals surface area (Å²) in [6.45, 7) is 0. The average molecular weight is 282 g/mol. The van der Waals surface area contributed by atoms with Crippen molar-refractivity contribution in [1.82, 2.24) is 24.8 Å². The molecule has 0 saturated heterocycles. The van der Waals surface area contributed by atoms with Crippen LogP contribution in [-0.2, 0) is 0 Å². The van der Waals surface area contributed by atoms with Crippen molar-refractivity contribution in [2.24, 2.45) is 0 Å². The van der Waals surface area contributed by atoms with Crippen LogP contribution in [-0.4, -0.2) is 24.8 Å². The molecule has 3 heterocycles. The first-order valence-electron chi connectivity index (χ1n) is 6.05. The Hall–Kier alpha value is -2.53. The van der Waals surface area contributed by atoms with Crippen molar-refractivity contribution in [3.8, 4) is 11.5 Å². The maximum Gasteiger partial charge on any atom is 0.203 e. The fourth-order valence-electron chi connectivity index (χ4n) is 2.12. The molecule has 5 nitrogen and oxygen atoms in total. The van der Waals surface area contributed by atoms with Crippen molar-refractivity contribution >= 4 is 28.2 Å². The summed E-state index contributed by atoms with van der Waals surface area (Å²) in [7, 11) is 0. The van der Waals surface area contributed by atoms with Crippen LogP contribution in [0.1, 0.15) is 0 Å². The van der Waals surface area contributed by atoms with Crippen molar-refractivity contribution in [1.29, 1.82) is 0 Å². The van der Waals surface area contributed by atoms with Gasteiger partial charge in [-0.25, -0.2) is 4.98 Å². The van der Waals surface area contributed by atoms with Crippen molar-refractivity contribution < 1.29 is 0 Å². The third kappa shape index (κ3) is 1.71. The molecule has 0 N–H and O–H groups in total. The molecule has 0 atom stereocenters. The Morgan fingerprint density at radius 3 is 2.75 bits per heavy atom. The highest BCUT2D eigenvalue weighted by Crippen LogP contribution is 2.20. The zero-order valence-electron chi connectivity index (χ0n) is 10.2. The molecule has 3 aromatic heterocycles. The van der Waals surface area contributed by atoms with Gasteiger partial charge in [0.2, 0.25) is 5.82 Å². The Morgan fingerprint density at radius 1 is 0.900 bits per heavy atom. The van der Waals surface area contributed by atoms with E-state index in [0.717, 1.165) is 10.9 Å². The lowest BCUT2D eigenvalue weighted by Crippen LogP contribution is -1.96. The molecule has 0 saturated carbocycles. The molecule has 0 aliphatic carbocycles. The van der Waals surface area contributed by atoms with Gasteiger partial charge >= 0.3 is 0 Å². The van der Waals surface area contributed by atoms with Crippen LogP contribution in [0.3, 0.4) is 0 Å². The molecule has 1 aromatic carbocycles. The summed E-state index contributed by atoms with van der Waals surface area (Å²) in [6, 6.07) is 15.3. The SMILES string of the molecule is Clc1ccc2nnc(-c3ccc4ccccc4n3)n2n1. The Labute approximate surface area is 118 Å². The smallest absolute Gasteiger partial charge is 0.203 e. The Kier molecular flexibility index (Phi) is 2.40. The second kappa shape index (κ2) is 4.25. The standard InChI is InChI=1S/C14H8ClN5/c15-12-7-8-13-17-18-14(20(13)19-12)11-6-5-9-3-1-2-4-10(9)16-11/h1-8H. The number of benzene rings is 1. The maximum absolute atomic E-state index is 5.92. The topological polar surface area (TPSA) is 56.0 Å². The van der Waals surface area contributed by atoms with E-state index in [1.54, 1.807) is 16.6 Å². The van der Waals surface area contributed by atoms with E-state index in [1.807, 2.05) is 36.4 Å². The van der Waals surface area contributed by atoms with Crippen molar-refractivity contribution in [3.05, 3.63) is 53.7 Å². The fraction of sp³-hybridized carbons (Fsp3) is 0. The van der Waals surface area contributed by atoms with Crippen LogP contribution in [0.2, 0.25) is 5.15 Å². The number of pyridine rings is 1. The van der Waals surface area contributed by atoms with Crippen molar-refractivity contribution in [2.75, 3.05) is 0 Å². The van der Waals surface area contributed by atoms with Gasteiger partial charge < -0.3 is 0 Å². The Morgan fingerprint density at radius 2 is 1.80 bits per heavy atom. The Balaban J connectivity index is 1.98. The molecule has 0 fully saturated rings. The minimum Gasteiger partial charge on any atom is -0.244 e. The number of rotatable bonds is 1. The molecule has 20 heavy (non-hydrogen) atoms. The number of nitrogens with zero attached hydrogens (tertiary/aromatic N) is 5. The molecule has 0 aliphatic heterocycles. The third-order valence-electron chi connectivity index (χ3n) is 3.06. The van der Waals surface area contributed by atoms with E-state index in [4.69, 9.17) is 11.6 Å². The number of para-hydroxylation sites is 1. The Bertz CT molecular complexity index is 931. The molecule has 4 rings (SSSR count). The van der Waals surface area contributed by atoms with Crippen LogP contribution < -0.4 is 0 Å². The molecule has 0 bridgehead atoms. The number of fused-ring (bicyclic) bond motifs is 2. The number of aromatic nitrogens is 5. The van der Waals surface area contributed by atoms with Crippen LogP contribution in [0.25, 0.3) is 28.1 Å². The highest BCUT2D eigenvalue weighted by molar-refractivity contribution is 6.29. The van der Waals surface area contributed by atoms with Gasteiger partial charge in [0, 0.05) is 5.39 Å². The summed E-state index contributed by atoms with van der Waals surface area (Å²) in [5.41, 5.74) is 2.26. The second-order valence-corrected chi connectivity index (χ2v) is 4.73. The highest BCUT2D eigenvalue weighted by atomic mass is 35.5.